The Bertz CT molecular complexity index is 1140. The van der Waals surface area contributed by atoms with E-state index in [0.29, 0.717) is 25.2 Å². The second kappa shape index (κ2) is 9.49. The van der Waals surface area contributed by atoms with E-state index in [1.807, 2.05) is 12.1 Å². The predicted octanol–water partition coefficient (Wildman–Crippen LogP) is 3.64. The van der Waals surface area contributed by atoms with E-state index >= 15 is 0 Å². The Kier molecular flexibility index (Phi) is 7.13. The van der Waals surface area contributed by atoms with Crippen molar-refractivity contribution in [3.63, 3.8) is 0 Å². The summed E-state index contributed by atoms with van der Waals surface area (Å²) in [6, 6.07) is 13.9. The second-order valence-corrected chi connectivity index (χ2v) is 10.9. The molecule has 1 saturated heterocycles. The average Bonchev–Trinajstić information content (AvgIpc) is 2.98. The van der Waals surface area contributed by atoms with Crippen LogP contribution in [0.1, 0.15) is 43.1 Å². The van der Waals surface area contributed by atoms with Gasteiger partial charge in [0.1, 0.15) is 4.90 Å². The van der Waals surface area contributed by atoms with Gasteiger partial charge in [-0.3, -0.25) is 4.79 Å². The van der Waals surface area contributed by atoms with Crippen LogP contribution in [0.5, 0.6) is 0 Å². The van der Waals surface area contributed by atoms with E-state index in [1.54, 1.807) is 43.9 Å². The van der Waals surface area contributed by atoms with Crippen LogP contribution in [-0.4, -0.2) is 50.9 Å². The molecule has 0 atom stereocenters. The van der Waals surface area contributed by atoms with Gasteiger partial charge in [0.25, 0.3) is 5.91 Å². The molecule has 0 bridgehead atoms. The molecule has 9 heteroatoms. The Balaban J connectivity index is 1.77. The van der Waals surface area contributed by atoms with Gasteiger partial charge in [0, 0.05) is 43.0 Å². The zero-order chi connectivity index (χ0) is 23.5. The molecule has 1 aliphatic rings. The third kappa shape index (κ3) is 5.80. The van der Waals surface area contributed by atoms with Crippen LogP contribution < -0.4 is 9.62 Å². The number of anilines is 1. The molecule has 0 spiro atoms. The van der Waals surface area contributed by atoms with Crippen molar-refractivity contribution in [2.24, 2.45) is 0 Å². The van der Waals surface area contributed by atoms with E-state index in [-0.39, 0.29) is 21.4 Å². The Morgan fingerprint density at radius 3 is 2.38 bits per heavy atom. The van der Waals surface area contributed by atoms with Crippen LogP contribution in [0.2, 0.25) is 5.02 Å². The van der Waals surface area contributed by atoms with Gasteiger partial charge in [0.15, 0.2) is 0 Å². The van der Waals surface area contributed by atoms with Crippen LogP contribution >= 0.6 is 11.6 Å². The number of rotatable bonds is 4. The second-order valence-electron chi connectivity index (χ2n) is 8.79. The summed E-state index contributed by atoms with van der Waals surface area (Å²) < 4.78 is 28.1. The van der Waals surface area contributed by atoms with Crippen LogP contribution in [0, 0.1) is 11.3 Å². The minimum absolute atomic E-state index is 0.0705. The van der Waals surface area contributed by atoms with E-state index in [4.69, 9.17) is 16.9 Å². The van der Waals surface area contributed by atoms with Crippen molar-refractivity contribution in [1.82, 2.24) is 9.62 Å². The highest BCUT2D eigenvalue weighted by atomic mass is 35.5. The number of hydrogen-bond acceptors (Lipinski definition) is 5. The Morgan fingerprint density at radius 2 is 1.75 bits per heavy atom. The summed E-state index contributed by atoms with van der Waals surface area (Å²) in [7, 11) is -3.88. The molecule has 0 radical (unpaired) electrons. The summed E-state index contributed by atoms with van der Waals surface area (Å²) in [6.07, 6.45) is 0.774. The summed E-state index contributed by atoms with van der Waals surface area (Å²) >= 11 is 6.16. The summed E-state index contributed by atoms with van der Waals surface area (Å²) in [6.45, 7) is 7.71. The highest BCUT2D eigenvalue weighted by Gasteiger charge is 2.27. The molecule has 2 aromatic rings. The molecular weight excluding hydrogens is 448 g/mol. The Labute approximate surface area is 194 Å². The van der Waals surface area contributed by atoms with Crippen molar-refractivity contribution in [2.45, 2.75) is 37.6 Å². The molecule has 1 aliphatic heterocycles. The molecule has 32 heavy (non-hydrogen) atoms. The first kappa shape index (κ1) is 24.1. The van der Waals surface area contributed by atoms with Gasteiger partial charge in [-0.15, -0.1) is 0 Å². The Hall–Kier alpha value is -2.60. The summed E-state index contributed by atoms with van der Waals surface area (Å²) in [5.41, 5.74) is 1.22. The number of carbonyl (C=O) groups excluding carboxylic acids is 1. The smallest absolute Gasteiger partial charge is 0.253 e. The normalized spacial score (nSPS) is 15.2. The Morgan fingerprint density at radius 1 is 1.06 bits per heavy atom. The number of benzene rings is 2. The highest BCUT2D eigenvalue weighted by molar-refractivity contribution is 7.89. The number of amides is 1. The maximum absolute atomic E-state index is 13.2. The lowest BCUT2D eigenvalue weighted by atomic mass is 10.1. The highest BCUT2D eigenvalue weighted by Crippen LogP contribution is 2.25. The van der Waals surface area contributed by atoms with Crippen molar-refractivity contribution in [1.29, 1.82) is 5.26 Å². The van der Waals surface area contributed by atoms with Gasteiger partial charge >= 0.3 is 0 Å². The molecule has 0 aliphatic carbocycles. The van der Waals surface area contributed by atoms with Crippen LogP contribution in [0.25, 0.3) is 0 Å². The molecule has 2 aromatic carbocycles. The van der Waals surface area contributed by atoms with Gasteiger partial charge in [0.05, 0.1) is 16.7 Å². The lowest BCUT2D eigenvalue weighted by Gasteiger charge is -2.24. The number of nitrogens with zero attached hydrogens (tertiary/aromatic N) is 3. The number of sulfonamides is 1. The van der Waals surface area contributed by atoms with Crippen molar-refractivity contribution >= 4 is 33.2 Å². The number of nitrogens with one attached hydrogen (secondary N) is 1. The lowest BCUT2D eigenvalue weighted by Crippen LogP contribution is -2.40. The zero-order valence-electron chi connectivity index (χ0n) is 18.4. The first-order valence-corrected chi connectivity index (χ1v) is 12.2. The average molecular weight is 475 g/mol. The number of hydrogen-bond donors (Lipinski definition) is 1. The van der Waals surface area contributed by atoms with Crippen LogP contribution in [0.3, 0.4) is 0 Å². The topological polar surface area (TPSA) is 93.5 Å². The molecular formula is C23H27ClN4O3S. The maximum Gasteiger partial charge on any atom is 0.253 e. The van der Waals surface area contributed by atoms with E-state index < -0.39 is 15.6 Å². The standard InChI is InChI=1S/C23H27ClN4O3S/c1-23(2,3)26-32(30,31)21-15-18(7-10-20(21)24)22(29)28-12-4-11-27(13-14-28)19-8-5-17(16-25)6-9-19/h5-10,15,26H,4,11-14H2,1-3H3. The number of carbonyl (C=O) groups is 1. The van der Waals surface area contributed by atoms with Gasteiger partial charge in [0.2, 0.25) is 10.0 Å². The molecule has 170 valence electrons. The van der Waals surface area contributed by atoms with Gasteiger partial charge < -0.3 is 9.80 Å². The van der Waals surface area contributed by atoms with E-state index in [2.05, 4.69) is 15.7 Å². The fourth-order valence-corrected chi connectivity index (χ4v) is 5.55. The van der Waals surface area contributed by atoms with Gasteiger partial charge in [-0.25, -0.2) is 13.1 Å². The third-order valence-corrected chi connectivity index (χ3v) is 7.29. The molecule has 1 fully saturated rings. The molecule has 1 heterocycles. The molecule has 1 amide bonds. The lowest BCUT2D eigenvalue weighted by molar-refractivity contribution is 0.0767. The minimum atomic E-state index is -3.88. The fourth-order valence-electron chi connectivity index (χ4n) is 3.61. The van der Waals surface area contributed by atoms with Gasteiger partial charge in [-0.2, -0.15) is 5.26 Å². The van der Waals surface area contributed by atoms with Crippen LogP contribution in [0.15, 0.2) is 47.4 Å². The SMILES string of the molecule is CC(C)(C)NS(=O)(=O)c1cc(C(=O)N2CCCN(c3ccc(C#N)cc3)CC2)ccc1Cl. The quantitative estimate of drug-likeness (QED) is 0.730. The first-order valence-electron chi connectivity index (χ1n) is 10.4. The van der Waals surface area contributed by atoms with Crippen LogP contribution in [-0.2, 0) is 10.0 Å². The van der Waals surface area contributed by atoms with Crippen molar-refractivity contribution < 1.29 is 13.2 Å². The van der Waals surface area contributed by atoms with Crippen LogP contribution in [0.4, 0.5) is 5.69 Å². The third-order valence-electron chi connectivity index (χ3n) is 5.05. The molecule has 7 nitrogen and oxygen atoms in total. The van der Waals surface area contributed by atoms with E-state index in [9.17, 15) is 13.2 Å². The molecule has 0 unspecified atom stereocenters. The fraction of sp³-hybridized carbons (Fsp3) is 0.391. The van der Waals surface area contributed by atoms with Crippen molar-refractivity contribution in [3.8, 4) is 6.07 Å². The summed E-state index contributed by atoms with van der Waals surface area (Å²) in [4.78, 5) is 17.0. The molecule has 0 saturated carbocycles. The maximum atomic E-state index is 13.2. The predicted molar refractivity (Wildman–Crippen MR) is 125 cm³/mol. The zero-order valence-corrected chi connectivity index (χ0v) is 20.0. The number of halogens is 1. The molecule has 0 aromatic heterocycles. The monoisotopic (exact) mass is 474 g/mol. The largest absolute Gasteiger partial charge is 0.370 e. The minimum Gasteiger partial charge on any atom is -0.370 e. The first-order chi connectivity index (χ1) is 15.0. The van der Waals surface area contributed by atoms with Crippen molar-refractivity contribution in [2.75, 3.05) is 31.1 Å². The van der Waals surface area contributed by atoms with Gasteiger partial charge in [-0.05, 0) is 69.7 Å². The van der Waals surface area contributed by atoms with Crippen molar-refractivity contribution in [3.05, 3.63) is 58.6 Å². The molecule has 1 N–H and O–H groups in total. The van der Waals surface area contributed by atoms with Gasteiger partial charge in [-0.1, -0.05) is 11.6 Å². The van der Waals surface area contributed by atoms with E-state index in [1.165, 1.54) is 12.1 Å². The number of nitriles is 1. The summed E-state index contributed by atoms with van der Waals surface area (Å²) in [5, 5.41) is 9.04. The van der Waals surface area contributed by atoms with E-state index in [0.717, 1.165) is 18.7 Å². The summed E-state index contributed by atoms with van der Waals surface area (Å²) in [5.74, 6) is -0.226. The molecule has 3 rings (SSSR count).